The minimum Gasteiger partial charge on any atom is -0.399 e. The third kappa shape index (κ3) is 3.19. The van der Waals surface area contributed by atoms with Crippen molar-refractivity contribution >= 4 is 60.5 Å². The van der Waals surface area contributed by atoms with Gasteiger partial charge in [0.05, 0.1) is 8.66 Å². The minimum absolute atomic E-state index is 0.0105. The number of nitrogens with zero attached hydrogens (tertiary/aromatic N) is 1. The molecule has 1 aromatic heterocycles. The van der Waals surface area contributed by atoms with E-state index in [1.807, 2.05) is 25.1 Å². The molecular weight excluding hydrogens is 392 g/mol. The molecule has 0 atom stereocenters. The van der Waals surface area contributed by atoms with E-state index in [0.29, 0.717) is 17.1 Å². The lowest BCUT2D eigenvalue weighted by Gasteiger charge is -2.20. The van der Waals surface area contributed by atoms with Crippen molar-refractivity contribution in [2.24, 2.45) is 0 Å². The molecule has 0 bridgehead atoms. The molecule has 1 heterocycles. The van der Waals surface area contributed by atoms with Gasteiger partial charge in [-0.05, 0) is 69.1 Å². The van der Waals surface area contributed by atoms with Crippen molar-refractivity contribution in [3.05, 3.63) is 43.5 Å². The van der Waals surface area contributed by atoms with Crippen LogP contribution in [-0.4, -0.2) is 12.5 Å². The van der Waals surface area contributed by atoms with Crippen LogP contribution in [0.2, 0.25) is 0 Å². The molecule has 100 valence electrons. The molecule has 1 aromatic carbocycles. The Balaban J connectivity index is 2.31. The predicted molar refractivity (Wildman–Crippen MR) is 87.9 cm³/mol. The van der Waals surface area contributed by atoms with Gasteiger partial charge in [0.25, 0.3) is 5.91 Å². The molecule has 0 aliphatic carbocycles. The number of anilines is 2. The Kier molecular flexibility index (Phi) is 4.65. The minimum atomic E-state index is -0.0105. The zero-order valence-corrected chi connectivity index (χ0v) is 14.2. The summed E-state index contributed by atoms with van der Waals surface area (Å²) in [6, 6.07) is 9.14. The highest BCUT2D eigenvalue weighted by atomic mass is 79.9. The van der Waals surface area contributed by atoms with Crippen molar-refractivity contribution in [1.82, 2.24) is 0 Å². The third-order valence-electron chi connectivity index (χ3n) is 2.62. The first-order valence-electron chi connectivity index (χ1n) is 5.65. The first-order chi connectivity index (χ1) is 9.02. The van der Waals surface area contributed by atoms with Crippen LogP contribution in [-0.2, 0) is 0 Å². The van der Waals surface area contributed by atoms with E-state index in [1.165, 1.54) is 11.3 Å². The lowest BCUT2D eigenvalue weighted by atomic mass is 10.2. The van der Waals surface area contributed by atoms with Gasteiger partial charge >= 0.3 is 0 Å². The van der Waals surface area contributed by atoms with E-state index >= 15 is 0 Å². The van der Waals surface area contributed by atoms with Gasteiger partial charge in [-0.15, -0.1) is 11.3 Å². The molecule has 2 N–H and O–H groups in total. The van der Waals surface area contributed by atoms with Crippen molar-refractivity contribution in [3.63, 3.8) is 0 Å². The molecule has 0 aliphatic heterocycles. The smallest absolute Gasteiger partial charge is 0.268 e. The summed E-state index contributed by atoms with van der Waals surface area (Å²) in [5.41, 5.74) is 7.20. The van der Waals surface area contributed by atoms with Crippen LogP contribution in [0.15, 0.2) is 38.6 Å². The second kappa shape index (κ2) is 6.07. The Morgan fingerprint density at radius 1 is 1.32 bits per heavy atom. The molecule has 0 radical (unpaired) electrons. The third-order valence-corrected chi connectivity index (χ3v) is 5.87. The maximum absolute atomic E-state index is 12.5. The van der Waals surface area contributed by atoms with E-state index in [0.717, 1.165) is 13.9 Å². The number of thiophene rings is 1. The standard InChI is InChI=1S/C13H12Br2N2OS/c1-2-17(9-5-3-8(16)4-6-9)13(18)11-7-10(14)12(15)19-11/h3-7H,2,16H2,1H3. The first kappa shape index (κ1) is 14.6. The summed E-state index contributed by atoms with van der Waals surface area (Å²) in [4.78, 5) is 14.9. The molecule has 19 heavy (non-hydrogen) atoms. The molecule has 2 aromatic rings. The lowest BCUT2D eigenvalue weighted by molar-refractivity contribution is 0.0992. The lowest BCUT2D eigenvalue weighted by Crippen LogP contribution is -2.29. The van der Waals surface area contributed by atoms with E-state index in [9.17, 15) is 4.79 Å². The Morgan fingerprint density at radius 3 is 2.42 bits per heavy atom. The van der Waals surface area contributed by atoms with Gasteiger partial charge in [0, 0.05) is 22.4 Å². The van der Waals surface area contributed by atoms with Crippen molar-refractivity contribution < 1.29 is 4.79 Å². The van der Waals surface area contributed by atoms with Gasteiger partial charge in [-0.2, -0.15) is 0 Å². The quantitative estimate of drug-likeness (QED) is 0.765. The van der Waals surface area contributed by atoms with Crippen molar-refractivity contribution in [2.45, 2.75) is 6.92 Å². The van der Waals surface area contributed by atoms with E-state index in [-0.39, 0.29) is 5.91 Å². The second-order valence-electron chi connectivity index (χ2n) is 3.87. The molecule has 6 heteroatoms. The molecule has 0 fully saturated rings. The van der Waals surface area contributed by atoms with Gasteiger partial charge in [0.15, 0.2) is 0 Å². The van der Waals surface area contributed by atoms with Crippen LogP contribution >= 0.6 is 43.2 Å². The van der Waals surface area contributed by atoms with E-state index < -0.39 is 0 Å². The van der Waals surface area contributed by atoms with Crippen molar-refractivity contribution in [3.8, 4) is 0 Å². The zero-order chi connectivity index (χ0) is 14.0. The Bertz CT molecular complexity index is 576. The molecular formula is C13H12Br2N2OS. The van der Waals surface area contributed by atoms with Crippen LogP contribution in [0.25, 0.3) is 0 Å². The van der Waals surface area contributed by atoms with Gasteiger partial charge in [0.2, 0.25) is 0 Å². The molecule has 0 saturated heterocycles. The van der Waals surface area contributed by atoms with Gasteiger partial charge in [-0.1, -0.05) is 0 Å². The van der Waals surface area contributed by atoms with Crippen LogP contribution in [0.4, 0.5) is 11.4 Å². The molecule has 1 amide bonds. The number of carbonyl (C=O) groups excluding carboxylic acids is 1. The monoisotopic (exact) mass is 402 g/mol. The number of rotatable bonds is 3. The Labute approximate surface area is 132 Å². The molecule has 0 unspecified atom stereocenters. The van der Waals surface area contributed by atoms with Crippen LogP contribution in [0.3, 0.4) is 0 Å². The maximum Gasteiger partial charge on any atom is 0.268 e. The van der Waals surface area contributed by atoms with E-state index in [2.05, 4.69) is 31.9 Å². The highest BCUT2D eigenvalue weighted by Crippen LogP contribution is 2.33. The topological polar surface area (TPSA) is 46.3 Å². The highest BCUT2D eigenvalue weighted by molar-refractivity contribution is 9.13. The predicted octanol–water partition coefficient (Wildman–Crippen LogP) is 4.52. The highest BCUT2D eigenvalue weighted by Gasteiger charge is 2.19. The van der Waals surface area contributed by atoms with Gasteiger partial charge < -0.3 is 10.6 Å². The molecule has 0 spiro atoms. The summed E-state index contributed by atoms with van der Waals surface area (Å²) >= 11 is 8.22. The van der Waals surface area contributed by atoms with Crippen LogP contribution in [0, 0.1) is 0 Å². The van der Waals surface area contributed by atoms with Gasteiger partial charge in [0.1, 0.15) is 0 Å². The molecule has 2 rings (SSSR count). The summed E-state index contributed by atoms with van der Waals surface area (Å²) in [5.74, 6) is -0.0105. The summed E-state index contributed by atoms with van der Waals surface area (Å²) in [7, 11) is 0. The van der Waals surface area contributed by atoms with Crippen LogP contribution < -0.4 is 10.6 Å². The fourth-order valence-corrected chi connectivity index (χ4v) is 3.67. The average Bonchev–Trinajstić information content (AvgIpc) is 2.73. The summed E-state index contributed by atoms with van der Waals surface area (Å²) < 4.78 is 1.82. The summed E-state index contributed by atoms with van der Waals surface area (Å²) in [6.45, 7) is 2.56. The van der Waals surface area contributed by atoms with E-state index in [4.69, 9.17) is 5.73 Å². The molecule has 0 aliphatic rings. The Hall–Kier alpha value is -0.850. The number of nitrogen functional groups attached to an aromatic ring is 1. The first-order valence-corrected chi connectivity index (χ1v) is 8.05. The number of carbonyl (C=O) groups is 1. The number of amides is 1. The van der Waals surface area contributed by atoms with Gasteiger partial charge in [-0.3, -0.25) is 4.79 Å². The Morgan fingerprint density at radius 2 is 1.95 bits per heavy atom. The zero-order valence-electron chi connectivity index (χ0n) is 10.2. The van der Waals surface area contributed by atoms with E-state index in [1.54, 1.807) is 17.0 Å². The fraction of sp³-hybridized carbons (Fsp3) is 0.154. The van der Waals surface area contributed by atoms with Gasteiger partial charge in [-0.25, -0.2) is 0 Å². The molecule has 3 nitrogen and oxygen atoms in total. The number of benzene rings is 1. The van der Waals surface area contributed by atoms with Crippen LogP contribution in [0.5, 0.6) is 0 Å². The van der Waals surface area contributed by atoms with Crippen LogP contribution in [0.1, 0.15) is 16.6 Å². The number of hydrogen-bond acceptors (Lipinski definition) is 3. The SMILES string of the molecule is CCN(C(=O)c1cc(Br)c(Br)s1)c1ccc(N)cc1. The largest absolute Gasteiger partial charge is 0.399 e. The number of halogens is 2. The maximum atomic E-state index is 12.5. The summed E-state index contributed by atoms with van der Waals surface area (Å²) in [6.07, 6.45) is 0. The second-order valence-corrected chi connectivity index (χ2v) is 7.10. The normalized spacial score (nSPS) is 10.5. The number of nitrogens with two attached hydrogens (primary N) is 1. The molecule has 0 saturated carbocycles. The number of hydrogen-bond donors (Lipinski definition) is 1. The average molecular weight is 404 g/mol. The summed E-state index contributed by atoms with van der Waals surface area (Å²) in [5, 5.41) is 0. The van der Waals surface area contributed by atoms with Crippen molar-refractivity contribution in [2.75, 3.05) is 17.2 Å². The van der Waals surface area contributed by atoms with Crippen molar-refractivity contribution in [1.29, 1.82) is 0 Å². The fourth-order valence-electron chi connectivity index (χ4n) is 1.68.